The minimum Gasteiger partial charge on any atom is -0.507 e. The SMILES string of the molecule is CCCc1c(OCCCc2nnn[nH]2)ccc(C(C)=O)c1O. The molecule has 0 amide bonds. The van der Waals surface area contributed by atoms with Gasteiger partial charge in [0.15, 0.2) is 5.78 Å². The number of rotatable bonds is 8. The largest absolute Gasteiger partial charge is 0.507 e. The Kier molecular flexibility index (Phi) is 5.46. The number of aromatic hydroxyl groups is 1. The zero-order valence-corrected chi connectivity index (χ0v) is 12.8. The molecule has 1 heterocycles. The number of nitrogens with one attached hydrogen (secondary N) is 1. The Morgan fingerprint density at radius 1 is 1.36 bits per heavy atom. The molecular weight excluding hydrogens is 284 g/mol. The van der Waals surface area contributed by atoms with Crippen LogP contribution < -0.4 is 4.74 Å². The number of phenolic OH excluding ortho intramolecular Hbond substituents is 1. The Hall–Kier alpha value is -2.44. The minimum atomic E-state index is -0.153. The fraction of sp³-hybridized carbons (Fsp3) is 0.467. The van der Waals surface area contributed by atoms with Gasteiger partial charge in [0.25, 0.3) is 0 Å². The van der Waals surface area contributed by atoms with Gasteiger partial charge >= 0.3 is 0 Å². The molecule has 7 nitrogen and oxygen atoms in total. The molecule has 0 saturated heterocycles. The van der Waals surface area contributed by atoms with Crippen LogP contribution in [-0.4, -0.2) is 38.1 Å². The number of ketones is 1. The van der Waals surface area contributed by atoms with Crippen molar-refractivity contribution in [2.45, 2.75) is 39.5 Å². The van der Waals surface area contributed by atoms with Crippen molar-refractivity contribution in [2.24, 2.45) is 0 Å². The zero-order valence-electron chi connectivity index (χ0n) is 12.8. The van der Waals surface area contributed by atoms with Crippen LogP contribution in [0.15, 0.2) is 12.1 Å². The predicted molar refractivity (Wildman–Crippen MR) is 80.1 cm³/mol. The summed E-state index contributed by atoms with van der Waals surface area (Å²) >= 11 is 0. The molecule has 0 aliphatic heterocycles. The van der Waals surface area contributed by atoms with Gasteiger partial charge in [0.1, 0.15) is 17.3 Å². The highest BCUT2D eigenvalue weighted by Gasteiger charge is 2.15. The average molecular weight is 304 g/mol. The number of hydrogen-bond donors (Lipinski definition) is 2. The predicted octanol–water partition coefficient (Wildman–Crippen LogP) is 2.07. The molecule has 1 aromatic heterocycles. The lowest BCUT2D eigenvalue weighted by molar-refractivity contribution is 0.101. The summed E-state index contributed by atoms with van der Waals surface area (Å²) in [5.74, 6) is 1.22. The number of H-pyrrole nitrogens is 1. The Balaban J connectivity index is 2.02. The number of benzene rings is 1. The normalized spacial score (nSPS) is 10.6. The molecule has 0 fully saturated rings. The summed E-state index contributed by atoms with van der Waals surface area (Å²) in [6, 6.07) is 3.35. The van der Waals surface area contributed by atoms with Gasteiger partial charge in [-0.05, 0) is 42.3 Å². The van der Waals surface area contributed by atoms with Crippen LogP contribution in [0.4, 0.5) is 0 Å². The van der Waals surface area contributed by atoms with Gasteiger partial charge in [-0.3, -0.25) is 4.79 Å². The Morgan fingerprint density at radius 2 is 2.18 bits per heavy atom. The summed E-state index contributed by atoms with van der Waals surface area (Å²) in [7, 11) is 0. The van der Waals surface area contributed by atoms with E-state index < -0.39 is 0 Å². The fourth-order valence-electron chi connectivity index (χ4n) is 2.24. The first-order valence-corrected chi connectivity index (χ1v) is 7.34. The van der Waals surface area contributed by atoms with Gasteiger partial charge in [0.2, 0.25) is 0 Å². The summed E-state index contributed by atoms with van der Waals surface area (Å²) < 4.78 is 5.75. The van der Waals surface area contributed by atoms with Gasteiger partial charge in [0, 0.05) is 12.0 Å². The minimum absolute atomic E-state index is 0.0336. The maximum Gasteiger partial charge on any atom is 0.163 e. The summed E-state index contributed by atoms with van der Waals surface area (Å²) in [4.78, 5) is 11.5. The molecule has 0 atom stereocenters. The third-order valence-corrected chi connectivity index (χ3v) is 3.32. The molecule has 7 heteroatoms. The van der Waals surface area contributed by atoms with Crippen LogP contribution in [0.5, 0.6) is 11.5 Å². The second-order valence-corrected chi connectivity index (χ2v) is 5.04. The molecule has 2 rings (SSSR count). The van der Waals surface area contributed by atoms with E-state index in [9.17, 15) is 9.90 Å². The molecule has 22 heavy (non-hydrogen) atoms. The molecule has 118 valence electrons. The van der Waals surface area contributed by atoms with Gasteiger partial charge in [-0.1, -0.05) is 13.3 Å². The van der Waals surface area contributed by atoms with E-state index in [1.165, 1.54) is 6.92 Å². The second-order valence-electron chi connectivity index (χ2n) is 5.04. The number of aromatic amines is 1. The van der Waals surface area contributed by atoms with E-state index in [2.05, 4.69) is 20.6 Å². The van der Waals surface area contributed by atoms with Crippen molar-refractivity contribution in [3.63, 3.8) is 0 Å². The number of ether oxygens (including phenoxy) is 1. The van der Waals surface area contributed by atoms with E-state index in [0.29, 0.717) is 42.1 Å². The molecule has 2 aromatic rings. The standard InChI is InChI=1S/C15H20N4O3/c1-3-5-12-13(8-7-11(10(2)20)15(12)21)22-9-4-6-14-16-18-19-17-14/h7-8,21H,3-6,9H2,1-2H3,(H,16,17,18,19). The van der Waals surface area contributed by atoms with E-state index in [0.717, 1.165) is 12.8 Å². The molecule has 0 aliphatic rings. The number of phenols is 1. The molecule has 0 spiro atoms. The van der Waals surface area contributed by atoms with Crippen LogP contribution in [0.25, 0.3) is 0 Å². The third kappa shape index (κ3) is 3.81. The Morgan fingerprint density at radius 3 is 2.82 bits per heavy atom. The van der Waals surface area contributed by atoms with Crippen LogP contribution in [0.2, 0.25) is 0 Å². The number of Topliss-reactive ketones (excluding diaryl/α,β-unsaturated/α-hetero) is 1. The number of carbonyl (C=O) groups excluding carboxylic acids is 1. The van der Waals surface area contributed by atoms with Gasteiger partial charge in [0.05, 0.1) is 12.2 Å². The highest BCUT2D eigenvalue weighted by Crippen LogP contribution is 2.33. The first-order chi connectivity index (χ1) is 10.6. The maximum atomic E-state index is 11.5. The van der Waals surface area contributed by atoms with Crippen molar-refractivity contribution in [3.8, 4) is 11.5 Å². The molecular formula is C15H20N4O3. The zero-order chi connectivity index (χ0) is 15.9. The fourth-order valence-corrected chi connectivity index (χ4v) is 2.24. The van der Waals surface area contributed by atoms with E-state index in [1.54, 1.807) is 12.1 Å². The number of carbonyl (C=O) groups is 1. The Bertz CT molecular complexity index is 626. The van der Waals surface area contributed by atoms with Crippen LogP contribution in [0.1, 0.15) is 48.4 Å². The smallest absolute Gasteiger partial charge is 0.163 e. The van der Waals surface area contributed by atoms with Gasteiger partial charge in [-0.25, -0.2) is 5.10 Å². The lowest BCUT2D eigenvalue weighted by Gasteiger charge is -2.14. The number of aryl methyl sites for hydroxylation is 1. The summed E-state index contributed by atoms with van der Waals surface area (Å²) in [6.45, 7) is 3.94. The molecule has 2 N–H and O–H groups in total. The number of aromatic nitrogens is 4. The number of hydrogen-bond acceptors (Lipinski definition) is 6. The summed E-state index contributed by atoms with van der Waals surface area (Å²) in [5.41, 5.74) is 1.03. The number of nitrogens with zero attached hydrogens (tertiary/aromatic N) is 3. The molecule has 0 radical (unpaired) electrons. The van der Waals surface area contributed by atoms with E-state index in [-0.39, 0.29) is 11.5 Å². The van der Waals surface area contributed by atoms with Crippen molar-refractivity contribution >= 4 is 5.78 Å². The van der Waals surface area contributed by atoms with E-state index in [1.807, 2.05) is 6.92 Å². The average Bonchev–Trinajstić information content (AvgIpc) is 2.99. The lowest BCUT2D eigenvalue weighted by atomic mass is 10.0. The van der Waals surface area contributed by atoms with Crippen molar-refractivity contribution in [1.29, 1.82) is 0 Å². The van der Waals surface area contributed by atoms with Crippen LogP contribution >= 0.6 is 0 Å². The number of tetrazole rings is 1. The van der Waals surface area contributed by atoms with Crippen LogP contribution in [0.3, 0.4) is 0 Å². The quantitative estimate of drug-likeness (QED) is 0.572. The van der Waals surface area contributed by atoms with Crippen molar-refractivity contribution in [1.82, 2.24) is 20.6 Å². The molecule has 1 aromatic carbocycles. The van der Waals surface area contributed by atoms with Crippen LogP contribution in [0, 0.1) is 0 Å². The van der Waals surface area contributed by atoms with Crippen molar-refractivity contribution in [2.75, 3.05) is 6.61 Å². The van der Waals surface area contributed by atoms with E-state index in [4.69, 9.17) is 4.74 Å². The molecule has 0 bridgehead atoms. The third-order valence-electron chi connectivity index (χ3n) is 3.32. The highest BCUT2D eigenvalue weighted by molar-refractivity contribution is 5.97. The summed E-state index contributed by atoms with van der Waals surface area (Å²) in [6.07, 6.45) is 2.95. The van der Waals surface area contributed by atoms with Crippen LogP contribution in [-0.2, 0) is 12.8 Å². The topological polar surface area (TPSA) is 101 Å². The Labute approximate surface area is 128 Å². The lowest BCUT2D eigenvalue weighted by Crippen LogP contribution is -2.04. The van der Waals surface area contributed by atoms with Crippen molar-refractivity contribution < 1.29 is 14.6 Å². The first kappa shape index (κ1) is 15.9. The van der Waals surface area contributed by atoms with E-state index >= 15 is 0 Å². The van der Waals surface area contributed by atoms with Gasteiger partial charge < -0.3 is 9.84 Å². The maximum absolute atomic E-state index is 11.5. The molecule has 0 saturated carbocycles. The van der Waals surface area contributed by atoms with Crippen molar-refractivity contribution in [3.05, 3.63) is 29.1 Å². The molecule has 0 aliphatic carbocycles. The monoisotopic (exact) mass is 304 g/mol. The second kappa shape index (κ2) is 7.53. The first-order valence-electron chi connectivity index (χ1n) is 7.34. The van der Waals surface area contributed by atoms with Gasteiger partial charge in [-0.15, -0.1) is 5.10 Å². The highest BCUT2D eigenvalue weighted by atomic mass is 16.5. The summed E-state index contributed by atoms with van der Waals surface area (Å²) in [5, 5.41) is 23.8. The van der Waals surface area contributed by atoms with Gasteiger partial charge in [-0.2, -0.15) is 0 Å². The molecule has 0 unspecified atom stereocenters.